The number of allylic oxidation sites excluding steroid dienone is 1. The molecule has 4 N–H and O–H groups in total. The van der Waals surface area contributed by atoms with Gasteiger partial charge in [0.25, 0.3) is 0 Å². The number of aliphatic hydroxyl groups excluding tert-OH is 2. The zero-order valence-electron chi connectivity index (χ0n) is 25.0. The third-order valence-electron chi connectivity index (χ3n) is 7.74. The lowest BCUT2D eigenvalue weighted by Gasteiger charge is -2.15. The van der Waals surface area contributed by atoms with Gasteiger partial charge in [-0.1, -0.05) is 12.2 Å². The summed E-state index contributed by atoms with van der Waals surface area (Å²) in [5.74, 6) is -0.141. The van der Waals surface area contributed by atoms with E-state index in [1.807, 2.05) is 6.08 Å². The molecule has 24 heteroatoms. The zero-order chi connectivity index (χ0) is 34.8. The van der Waals surface area contributed by atoms with Crippen LogP contribution in [-0.2, 0) is 34.1 Å². The SMILES string of the molecule is Nc1nc(OC/C=C/CCc2ncnc3c2ncn3[C@@H]2O[C@H](CO)[C@@H](O[P+](=O)S)[C@H]2F)c2ncn([C@@H]3O[C@H](CO)[C@@H](O[P+](=O)S)[C@H]3F)c2n1. The van der Waals surface area contributed by atoms with Gasteiger partial charge in [-0.25, -0.2) is 28.7 Å². The van der Waals surface area contributed by atoms with Gasteiger partial charge in [-0.05, 0) is 22.0 Å². The quantitative estimate of drug-likeness (QED) is 0.0705. The first-order valence-corrected chi connectivity index (χ1v) is 19.2. The van der Waals surface area contributed by atoms with Gasteiger partial charge in [0.2, 0.25) is 11.8 Å². The Hall–Kier alpha value is -3.04. The van der Waals surface area contributed by atoms with Crippen LogP contribution in [0.2, 0.25) is 0 Å². The molecular formula is C25H29F2N9O9P2S2+2. The lowest BCUT2D eigenvalue weighted by molar-refractivity contribution is -0.0427. The first-order chi connectivity index (χ1) is 23.6. The van der Waals surface area contributed by atoms with Crippen LogP contribution in [0.25, 0.3) is 22.3 Å². The first-order valence-electron chi connectivity index (χ1n) is 14.5. The lowest BCUT2D eigenvalue weighted by Crippen LogP contribution is -2.31. The first kappa shape index (κ1) is 35.8. The van der Waals surface area contributed by atoms with E-state index in [1.165, 1.54) is 28.1 Å². The molecule has 2 saturated heterocycles. The fraction of sp³-hybridized carbons (Fsp3) is 0.520. The van der Waals surface area contributed by atoms with Crippen molar-refractivity contribution in [2.75, 3.05) is 25.6 Å². The molecular weight excluding hydrogens is 734 g/mol. The Balaban J connectivity index is 1.09. The predicted molar refractivity (Wildman–Crippen MR) is 173 cm³/mol. The van der Waals surface area contributed by atoms with Gasteiger partial charge < -0.3 is 30.2 Å². The third kappa shape index (κ3) is 7.39. The number of nitrogens with two attached hydrogens (primary N) is 1. The average molecular weight is 764 g/mol. The number of anilines is 1. The van der Waals surface area contributed by atoms with Crippen LogP contribution in [0, 0.1) is 0 Å². The highest BCUT2D eigenvalue weighted by atomic mass is 32.7. The largest absolute Gasteiger partial charge is 0.582 e. The predicted octanol–water partition coefficient (Wildman–Crippen LogP) is 2.52. The Labute approximate surface area is 287 Å². The lowest BCUT2D eigenvalue weighted by atomic mass is 10.1. The van der Waals surface area contributed by atoms with Crippen molar-refractivity contribution < 1.29 is 51.4 Å². The number of imidazole rings is 2. The number of ether oxygens (including phenoxy) is 3. The van der Waals surface area contributed by atoms with Crippen molar-refractivity contribution in [3.8, 4) is 5.88 Å². The van der Waals surface area contributed by atoms with Crippen LogP contribution in [0.4, 0.5) is 14.7 Å². The van der Waals surface area contributed by atoms with Gasteiger partial charge in [0.05, 0.1) is 31.6 Å². The molecule has 2 fully saturated rings. The summed E-state index contributed by atoms with van der Waals surface area (Å²) in [7, 11) is -4.90. The molecule has 4 aromatic heterocycles. The van der Waals surface area contributed by atoms with E-state index in [-0.39, 0.29) is 29.6 Å². The Kier molecular flexibility index (Phi) is 11.3. The number of nitrogen functional groups attached to an aromatic ring is 1. The van der Waals surface area contributed by atoms with Gasteiger partial charge >= 0.3 is 14.5 Å². The minimum Gasteiger partial charge on any atom is -0.472 e. The maximum absolute atomic E-state index is 15.3. The summed E-state index contributed by atoms with van der Waals surface area (Å²) in [5, 5.41) is 19.2. The number of thiol groups is 2. The Morgan fingerprint density at radius 2 is 1.47 bits per heavy atom. The topological polar surface area (TPSA) is 234 Å². The fourth-order valence-electron chi connectivity index (χ4n) is 5.59. The fourth-order valence-corrected chi connectivity index (χ4v) is 7.16. The summed E-state index contributed by atoms with van der Waals surface area (Å²) in [6, 6.07) is 0. The minimum absolute atomic E-state index is 0.0323. The van der Waals surface area contributed by atoms with Crippen LogP contribution in [0.5, 0.6) is 5.88 Å². The smallest absolute Gasteiger partial charge is 0.472 e. The number of aryl methyl sites for hydroxylation is 1. The van der Waals surface area contributed by atoms with Crippen molar-refractivity contribution in [3.05, 3.63) is 36.8 Å². The molecule has 262 valence electrons. The summed E-state index contributed by atoms with van der Waals surface area (Å²) in [4.78, 5) is 25.4. The van der Waals surface area contributed by atoms with Crippen LogP contribution in [0.3, 0.4) is 0 Å². The minimum atomic E-state index is -2.46. The molecule has 0 saturated carbocycles. The van der Waals surface area contributed by atoms with Gasteiger partial charge in [0.15, 0.2) is 53.8 Å². The van der Waals surface area contributed by atoms with E-state index in [2.05, 4.69) is 54.4 Å². The number of aromatic nitrogens is 8. The van der Waals surface area contributed by atoms with Crippen LogP contribution < -0.4 is 10.5 Å². The summed E-state index contributed by atoms with van der Waals surface area (Å²) in [5.41, 5.74) is 7.48. The van der Waals surface area contributed by atoms with E-state index in [0.29, 0.717) is 29.7 Å². The van der Waals surface area contributed by atoms with Gasteiger partial charge in [-0.15, -0.1) is 9.05 Å². The molecule has 18 nitrogen and oxygen atoms in total. The number of aliphatic hydroxyl groups is 2. The van der Waals surface area contributed by atoms with Crippen LogP contribution in [0.1, 0.15) is 24.6 Å². The van der Waals surface area contributed by atoms with E-state index in [9.17, 15) is 19.3 Å². The Bertz CT molecular complexity index is 1880. The Morgan fingerprint density at radius 1 is 0.878 bits per heavy atom. The molecule has 2 aliphatic rings. The number of nitrogens with zero attached hydrogens (tertiary/aromatic N) is 8. The molecule has 0 bridgehead atoms. The van der Waals surface area contributed by atoms with E-state index >= 15 is 8.78 Å². The Morgan fingerprint density at radius 3 is 2.06 bits per heavy atom. The molecule has 4 aromatic rings. The van der Waals surface area contributed by atoms with Crippen molar-refractivity contribution in [3.63, 3.8) is 0 Å². The highest BCUT2D eigenvalue weighted by Gasteiger charge is 2.52. The molecule has 2 aliphatic heterocycles. The number of rotatable bonds is 14. The van der Waals surface area contributed by atoms with Crippen LogP contribution in [-0.4, -0.2) is 106 Å². The highest BCUT2D eigenvalue weighted by molar-refractivity contribution is 8.39. The zero-order valence-corrected chi connectivity index (χ0v) is 28.6. The van der Waals surface area contributed by atoms with Gasteiger partial charge in [0.1, 0.15) is 55.2 Å². The second-order valence-corrected chi connectivity index (χ2v) is 14.0. The van der Waals surface area contributed by atoms with E-state index < -0.39 is 76.9 Å². The molecule has 0 spiro atoms. The van der Waals surface area contributed by atoms with Crippen molar-refractivity contribution in [1.29, 1.82) is 0 Å². The second-order valence-electron chi connectivity index (χ2n) is 10.7. The molecule has 6 rings (SSSR count). The molecule has 49 heavy (non-hydrogen) atoms. The average Bonchev–Trinajstić information content (AvgIpc) is 3.83. The maximum Gasteiger partial charge on any atom is 0.582 e. The van der Waals surface area contributed by atoms with Crippen LogP contribution in [0.15, 0.2) is 31.1 Å². The normalized spacial score (nSPS) is 27.9. The monoisotopic (exact) mass is 763 g/mol. The summed E-state index contributed by atoms with van der Waals surface area (Å²) in [6.07, 6.45) is -2.57. The van der Waals surface area contributed by atoms with Crippen molar-refractivity contribution >= 4 is 67.2 Å². The number of alkyl halides is 2. The second kappa shape index (κ2) is 15.5. The summed E-state index contributed by atoms with van der Waals surface area (Å²) < 4.78 is 83.2. The molecule has 2 unspecified atom stereocenters. The highest BCUT2D eigenvalue weighted by Crippen LogP contribution is 2.43. The molecule has 0 aromatic carbocycles. The number of hydrogen-bond donors (Lipinski definition) is 5. The number of hydrogen-bond acceptors (Lipinski definition) is 16. The molecule has 0 aliphatic carbocycles. The van der Waals surface area contributed by atoms with E-state index in [1.54, 1.807) is 6.08 Å². The van der Waals surface area contributed by atoms with Gasteiger partial charge in [-0.3, -0.25) is 9.13 Å². The molecule has 10 atom stereocenters. The van der Waals surface area contributed by atoms with Crippen molar-refractivity contribution in [2.45, 2.75) is 62.1 Å². The van der Waals surface area contributed by atoms with Crippen LogP contribution >= 0.6 is 39.0 Å². The molecule has 0 amide bonds. The molecule has 6 heterocycles. The van der Waals surface area contributed by atoms with Crippen molar-refractivity contribution in [1.82, 2.24) is 39.0 Å². The number of halogens is 2. The summed E-state index contributed by atoms with van der Waals surface area (Å²) in [6.45, 7) is -1.09. The standard InChI is InChI=1S/C25H27F2N9O9P2S2/c26-14-18(44-46(39)48)12(6-37)42-23(14)35-9-31-16-11(29-8-30-20(16)35)4-2-1-3-5-41-22-17-21(33-25(28)34-22)36(10-32-17)24-15(27)19(45-47(40)49)13(7-38)43-24/h1,3,8-10,12-15,18-19,23-24,37-38H,2,4-7H2,(H2-2,28,33,34,39,40,48,49)/p+2/b3-1+/t12-,13-,14-,15-,18-,19-,23-,24-/m1/s1. The number of fused-ring (bicyclic) bond motifs is 2. The maximum atomic E-state index is 15.3. The van der Waals surface area contributed by atoms with Gasteiger partial charge in [0, 0.05) is 0 Å². The van der Waals surface area contributed by atoms with E-state index in [4.69, 9.17) is 29.0 Å². The molecule has 0 radical (unpaired) electrons. The van der Waals surface area contributed by atoms with Crippen molar-refractivity contribution in [2.24, 2.45) is 0 Å². The summed E-state index contributed by atoms with van der Waals surface area (Å²) >= 11 is 7.34. The van der Waals surface area contributed by atoms with Gasteiger partial charge in [-0.2, -0.15) is 9.97 Å². The van der Waals surface area contributed by atoms with E-state index in [0.717, 1.165) is 0 Å². The third-order valence-corrected chi connectivity index (χ3v) is 9.15.